The molecular weight excluding hydrogens is 160 g/mol. The van der Waals surface area contributed by atoms with Gasteiger partial charge in [-0.1, -0.05) is 5.16 Å². The van der Waals surface area contributed by atoms with E-state index < -0.39 is 6.04 Å². The Labute approximate surface area is 71.2 Å². The highest BCUT2D eigenvalue weighted by atomic mass is 16.5. The van der Waals surface area contributed by atoms with Gasteiger partial charge in [-0.2, -0.15) is 0 Å². The molecule has 0 rings (SSSR count). The summed E-state index contributed by atoms with van der Waals surface area (Å²) in [6.45, 7) is 3.60. The lowest BCUT2D eigenvalue weighted by atomic mass is 10.1. The molecule has 0 aliphatic heterocycles. The van der Waals surface area contributed by atoms with E-state index in [1.807, 2.05) is 0 Å². The second-order valence-electron chi connectivity index (χ2n) is 2.36. The van der Waals surface area contributed by atoms with Crippen LogP contribution in [0.1, 0.15) is 20.3 Å². The third-order valence-electron chi connectivity index (χ3n) is 1.39. The number of nitrogens with two attached hydrogens (primary N) is 1. The Morgan fingerprint density at radius 3 is 2.75 bits per heavy atom. The first kappa shape index (κ1) is 10.9. The summed E-state index contributed by atoms with van der Waals surface area (Å²) >= 11 is 0. The summed E-state index contributed by atoms with van der Waals surface area (Å²) in [6, 6.07) is -0.561. The van der Waals surface area contributed by atoms with Crippen LogP contribution in [0.4, 0.5) is 0 Å². The third kappa shape index (κ3) is 3.92. The smallest absolute Gasteiger partial charge is 0.307 e. The van der Waals surface area contributed by atoms with E-state index in [1.165, 1.54) is 0 Å². The molecule has 3 N–H and O–H groups in total. The topological polar surface area (TPSA) is 84.9 Å². The fraction of sp³-hybridized carbons (Fsp3) is 0.714. The predicted octanol–water partition coefficient (Wildman–Crippen LogP) is 0.117. The molecule has 0 heterocycles. The third-order valence-corrected chi connectivity index (χ3v) is 1.39. The maximum Gasteiger partial charge on any atom is 0.307 e. The van der Waals surface area contributed by atoms with E-state index in [0.717, 1.165) is 0 Å². The molecule has 5 nitrogen and oxygen atoms in total. The molecule has 0 bridgehead atoms. The molecule has 12 heavy (non-hydrogen) atoms. The number of esters is 1. The molecule has 70 valence electrons. The summed E-state index contributed by atoms with van der Waals surface area (Å²) in [4.78, 5) is 10.8. The van der Waals surface area contributed by atoms with E-state index in [2.05, 4.69) is 9.89 Å². The van der Waals surface area contributed by atoms with E-state index in [4.69, 9.17) is 10.9 Å². The van der Waals surface area contributed by atoms with Gasteiger partial charge < -0.3 is 15.7 Å². The zero-order valence-electron chi connectivity index (χ0n) is 7.28. The van der Waals surface area contributed by atoms with Crippen LogP contribution in [-0.4, -0.2) is 29.5 Å². The summed E-state index contributed by atoms with van der Waals surface area (Å²) in [6.07, 6.45) is 0.0454. The highest BCUT2D eigenvalue weighted by Crippen LogP contribution is 1.94. The lowest BCUT2D eigenvalue weighted by Gasteiger charge is -2.08. The molecule has 0 saturated carbocycles. The Hall–Kier alpha value is -1.10. The lowest BCUT2D eigenvalue weighted by molar-refractivity contribution is -0.143. The van der Waals surface area contributed by atoms with Gasteiger partial charge in [0, 0.05) is 0 Å². The molecule has 0 saturated heterocycles. The van der Waals surface area contributed by atoms with Crippen LogP contribution < -0.4 is 5.73 Å². The van der Waals surface area contributed by atoms with Crippen molar-refractivity contribution in [2.45, 2.75) is 26.3 Å². The van der Waals surface area contributed by atoms with Gasteiger partial charge in [0.1, 0.15) is 0 Å². The van der Waals surface area contributed by atoms with Crippen molar-refractivity contribution in [2.24, 2.45) is 10.9 Å². The summed E-state index contributed by atoms with van der Waals surface area (Å²) in [5, 5.41) is 11.2. The van der Waals surface area contributed by atoms with Gasteiger partial charge in [-0.05, 0) is 13.8 Å². The standard InChI is InChI=1S/C7H14N2O3/c1-3-12-7(10)4-6(8)5(2)9-11/h6,11H,3-4,8H2,1-2H3/b9-5-/t6-/m0/s1. The zero-order valence-corrected chi connectivity index (χ0v) is 7.28. The van der Waals surface area contributed by atoms with Gasteiger partial charge >= 0.3 is 5.97 Å². The molecule has 0 aromatic carbocycles. The SMILES string of the molecule is CCOC(=O)C[C@H](N)/C(C)=N\O. The van der Waals surface area contributed by atoms with Crippen molar-refractivity contribution in [3.63, 3.8) is 0 Å². The molecule has 0 fully saturated rings. The van der Waals surface area contributed by atoms with E-state index in [-0.39, 0.29) is 12.4 Å². The predicted molar refractivity (Wildman–Crippen MR) is 44.1 cm³/mol. The molecule has 0 radical (unpaired) electrons. The molecule has 5 heteroatoms. The molecule has 0 amide bonds. The first-order valence-electron chi connectivity index (χ1n) is 3.71. The normalized spacial score (nSPS) is 14.1. The summed E-state index contributed by atoms with van der Waals surface area (Å²) < 4.78 is 4.65. The molecule has 0 aliphatic carbocycles. The van der Waals surface area contributed by atoms with Gasteiger partial charge in [0.2, 0.25) is 0 Å². The van der Waals surface area contributed by atoms with Crippen LogP contribution >= 0.6 is 0 Å². The second kappa shape index (κ2) is 5.54. The van der Waals surface area contributed by atoms with Crippen LogP contribution in [-0.2, 0) is 9.53 Å². The number of ether oxygens (including phenoxy) is 1. The maximum absolute atomic E-state index is 10.8. The van der Waals surface area contributed by atoms with Crippen LogP contribution in [0.5, 0.6) is 0 Å². The van der Waals surface area contributed by atoms with Gasteiger partial charge in [-0.3, -0.25) is 4.79 Å². The second-order valence-corrected chi connectivity index (χ2v) is 2.36. The van der Waals surface area contributed by atoms with Crippen LogP contribution in [0.3, 0.4) is 0 Å². The summed E-state index contributed by atoms with van der Waals surface area (Å²) in [5.41, 5.74) is 5.79. The first-order chi connectivity index (χ1) is 5.61. The van der Waals surface area contributed by atoms with Crippen LogP contribution in [0.15, 0.2) is 5.16 Å². The Kier molecular flexibility index (Phi) is 5.03. The number of oxime groups is 1. The van der Waals surface area contributed by atoms with Crippen LogP contribution in [0.25, 0.3) is 0 Å². The van der Waals surface area contributed by atoms with Crippen molar-refractivity contribution >= 4 is 11.7 Å². The maximum atomic E-state index is 10.8. The minimum atomic E-state index is -0.561. The monoisotopic (exact) mass is 174 g/mol. The van der Waals surface area contributed by atoms with E-state index >= 15 is 0 Å². The molecule has 0 spiro atoms. The highest BCUT2D eigenvalue weighted by molar-refractivity contribution is 5.90. The van der Waals surface area contributed by atoms with Gasteiger partial charge in [0.15, 0.2) is 0 Å². The Morgan fingerprint density at radius 2 is 2.33 bits per heavy atom. The Bertz CT molecular complexity index is 179. The van der Waals surface area contributed by atoms with Crippen molar-refractivity contribution in [3.8, 4) is 0 Å². The van der Waals surface area contributed by atoms with Gasteiger partial charge in [-0.15, -0.1) is 0 Å². The average molecular weight is 174 g/mol. The Balaban J connectivity index is 3.84. The molecule has 1 atom stereocenters. The number of hydrogen-bond donors (Lipinski definition) is 2. The average Bonchev–Trinajstić information content (AvgIpc) is 2.03. The largest absolute Gasteiger partial charge is 0.466 e. The van der Waals surface area contributed by atoms with E-state index in [1.54, 1.807) is 13.8 Å². The zero-order chi connectivity index (χ0) is 9.56. The summed E-state index contributed by atoms with van der Waals surface area (Å²) in [5.74, 6) is -0.381. The number of rotatable bonds is 4. The van der Waals surface area contributed by atoms with Crippen molar-refractivity contribution < 1.29 is 14.7 Å². The number of hydrogen-bond acceptors (Lipinski definition) is 5. The van der Waals surface area contributed by atoms with E-state index in [9.17, 15) is 4.79 Å². The number of carbonyl (C=O) groups is 1. The fourth-order valence-corrected chi connectivity index (χ4v) is 0.621. The summed E-state index contributed by atoms with van der Waals surface area (Å²) in [7, 11) is 0. The van der Waals surface area contributed by atoms with Crippen molar-refractivity contribution in [3.05, 3.63) is 0 Å². The van der Waals surface area contributed by atoms with Crippen LogP contribution in [0.2, 0.25) is 0 Å². The molecule has 0 unspecified atom stereocenters. The van der Waals surface area contributed by atoms with Gasteiger partial charge in [0.05, 0.1) is 24.8 Å². The van der Waals surface area contributed by atoms with Crippen molar-refractivity contribution in [1.82, 2.24) is 0 Å². The van der Waals surface area contributed by atoms with Crippen molar-refractivity contribution in [1.29, 1.82) is 0 Å². The van der Waals surface area contributed by atoms with Gasteiger partial charge in [-0.25, -0.2) is 0 Å². The lowest BCUT2D eigenvalue weighted by Crippen LogP contribution is -2.31. The Morgan fingerprint density at radius 1 is 1.75 bits per heavy atom. The van der Waals surface area contributed by atoms with Gasteiger partial charge in [0.25, 0.3) is 0 Å². The molecule has 0 aromatic rings. The van der Waals surface area contributed by atoms with E-state index in [0.29, 0.717) is 12.3 Å². The van der Waals surface area contributed by atoms with Crippen molar-refractivity contribution in [2.75, 3.05) is 6.61 Å². The minimum Gasteiger partial charge on any atom is -0.466 e. The molecule has 0 aromatic heterocycles. The number of carbonyl (C=O) groups excluding carboxylic acids is 1. The first-order valence-corrected chi connectivity index (χ1v) is 3.71. The highest BCUT2D eigenvalue weighted by Gasteiger charge is 2.12. The minimum absolute atomic E-state index is 0.0454. The quantitative estimate of drug-likeness (QED) is 0.274. The fourth-order valence-electron chi connectivity index (χ4n) is 0.621. The molecule has 0 aliphatic rings. The molecular formula is C7H14N2O3. The number of nitrogens with zero attached hydrogens (tertiary/aromatic N) is 1. The van der Waals surface area contributed by atoms with Crippen LogP contribution in [0, 0.1) is 0 Å².